The molecule has 6 heteroatoms. The number of rotatable bonds is 5. The highest BCUT2D eigenvalue weighted by Crippen LogP contribution is 2.33. The summed E-state index contributed by atoms with van der Waals surface area (Å²) in [6, 6.07) is 13.7. The molecule has 3 rings (SSSR count). The first-order chi connectivity index (χ1) is 12.5. The molecule has 0 spiro atoms. The summed E-state index contributed by atoms with van der Waals surface area (Å²) < 4.78 is 0. The monoisotopic (exact) mass is 368 g/mol. The minimum Gasteiger partial charge on any atom is -0.354 e. The first-order valence-corrected chi connectivity index (χ1v) is 9.27. The lowest BCUT2D eigenvalue weighted by Gasteiger charge is -2.13. The van der Waals surface area contributed by atoms with Gasteiger partial charge in [-0.15, -0.1) is 0 Å². The largest absolute Gasteiger partial charge is 0.354 e. The zero-order valence-electron chi connectivity index (χ0n) is 14.7. The number of hydrogen-bond acceptors (Lipinski definition) is 4. The van der Waals surface area contributed by atoms with Crippen LogP contribution >= 0.6 is 11.8 Å². The molecular formula is C20H20N2O3S. The van der Waals surface area contributed by atoms with Crippen LogP contribution in [0.2, 0.25) is 0 Å². The Labute approximate surface area is 156 Å². The Morgan fingerprint density at radius 1 is 1.15 bits per heavy atom. The van der Waals surface area contributed by atoms with Crippen molar-refractivity contribution in [3.8, 4) is 0 Å². The van der Waals surface area contributed by atoms with Gasteiger partial charge in [-0.05, 0) is 40.1 Å². The molecule has 0 aromatic heterocycles. The summed E-state index contributed by atoms with van der Waals surface area (Å²) in [5, 5.41) is 4.38. The van der Waals surface area contributed by atoms with Crippen molar-refractivity contribution in [2.45, 2.75) is 13.8 Å². The van der Waals surface area contributed by atoms with E-state index in [1.54, 1.807) is 6.08 Å². The number of fused-ring (bicyclic) bond motifs is 1. The van der Waals surface area contributed by atoms with Crippen molar-refractivity contribution >= 4 is 45.7 Å². The van der Waals surface area contributed by atoms with Crippen molar-refractivity contribution < 1.29 is 14.4 Å². The van der Waals surface area contributed by atoms with Crippen LogP contribution in [0.3, 0.4) is 0 Å². The summed E-state index contributed by atoms with van der Waals surface area (Å²) in [4.78, 5) is 38.0. The fourth-order valence-electron chi connectivity index (χ4n) is 2.67. The maximum absolute atomic E-state index is 12.6. The summed E-state index contributed by atoms with van der Waals surface area (Å²) >= 11 is 0.870. The van der Waals surface area contributed by atoms with Crippen molar-refractivity contribution in [2.75, 3.05) is 13.1 Å². The zero-order valence-corrected chi connectivity index (χ0v) is 15.5. The van der Waals surface area contributed by atoms with E-state index in [2.05, 4.69) is 5.32 Å². The molecule has 3 amide bonds. The average Bonchev–Trinajstić information content (AvgIpc) is 2.88. The van der Waals surface area contributed by atoms with E-state index in [-0.39, 0.29) is 12.5 Å². The minimum absolute atomic E-state index is 0.246. The summed E-state index contributed by atoms with van der Waals surface area (Å²) in [7, 11) is 0. The van der Waals surface area contributed by atoms with Gasteiger partial charge in [0.15, 0.2) is 0 Å². The van der Waals surface area contributed by atoms with E-state index in [0.717, 1.165) is 33.0 Å². The lowest BCUT2D eigenvalue weighted by atomic mass is 10.0. The highest BCUT2D eigenvalue weighted by atomic mass is 32.2. The lowest BCUT2D eigenvalue weighted by molar-refractivity contribution is -0.129. The predicted octanol–water partition coefficient (Wildman–Crippen LogP) is 3.65. The number of thioether (sulfide) groups is 1. The van der Waals surface area contributed by atoms with Gasteiger partial charge in [-0.3, -0.25) is 19.3 Å². The maximum atomic E-state index is 12.6. The van der Waals surface area contributed by atoms with E-state index >= 15 is 0 Å². The maximum Gasteiger partial charge on any atom is 0.294 e. The van der Waals surface area contributed by atoms with Crippen LogP contribution in [0.1, 0.15) is 19.4 Å². The van der Waals surface area contributed by atoms with Gasteiger partial charge in [0.2, 0.25) is 5.91 Å². The van der Waals surface area contributed by atoms with Gasteiger partial charge in [0.1, 0.15) is 6.54 Å². The molecular weight excluding hydrogens is 348 g/mol. The topological polar surface area (TPSA) is 66.5 Å². The summed E-state index contributed by atoms with van der Waals surface area (Å²) in [6.07, 6.45) is 1.72. The summed E-state index contributed by atoms with van der Waals surface area (Å²) in [5.74, 6) is -0.444. The quantitative estimate of drug-likeness (QED) is 0.818. The highest BCUT2D eigenvalue weighted by molar-refractivity contribution is 8.18. The van der Waals surface area contributed by atoms with Crippen molar-refractivity contribution in [3.05, 3.63) is 52.9 Å². The van der Waals surface area contributed by atoms with Crippen molar-refractivity contribution in [1.29, 1.82) is 0 Å². The van der Waals surface area contributed by atoms with E-state index < -0.39 is 11.1 Å². The van der Waals surface area contributed by atoms with Gasteiger partial charge in [0.05, 0.1) is 4.91 Å². The van der Waals surface area contributed by atoms with E-state index in [1.807, 2.05) is 56.3 Å². The van der Waals surface area contributed by atoms with Crippen molar-refractivity contribution in [3.63, 3.8) is 0 Å². The van der Waals surface area contributed by atoms with Gasteiger partial charge in [-0.2, -0.15) is 0 Å². The fourth-order valence-corrected chi connectivity index (χ4v) is 3.50. The highest BCUT2D eigenvalue weighted by Gasteiger charge is 2.36. The van der Waals surface area contributed by atoms with Crippen LogP contribution in [-0.2, 0) is 9.59 Å². The van der Waals surface area contributed by atoms with E-state index in [0.29, 0.717) is 17.4 Å². The molecule has 5 nitrogen and oxygen atoms in total. The third kappa shape index (κ3) is 3.96. The number of amides is 3. The number of carbonyl (C=O) groups excluding carboxylic acids is 3. The molecule has 134 valence electrons. The Bertz CT molecular complexity index is 900. The smallest absolute Gasteiger partial charge is 0.294 e. The second kappa shape index (κ2) is 7.74. The van der Waals surface area contributed by atoms with Crippen molar-refractivity contribution in [2.24, 2.45) is 5.92 Å². The second-order valence-corrected chi connectivity index (χ2v) is 7.53. The molecule has 1 N–H and O–H groups in total. The molecule has 1 heterocycles. The van der Waals surface area contributed by atoms with E-state index in [9.17, 15) is 14.4 Å². The molecule has 0 bridgehead atoms. The van der Waals surface area contributed by atoms with Crippen LogP contribution in [0, 0.1) is 5.92 Å². The molecule has 0 atom stereocenters. The summed E-state index contributed by atoms with van der Waals surface area (Å²) in [6.45, 7) is 4.23. The molecule has 0 radical (unpaired) electrons. The third-order valence-electron chi connectivity index (χ3n) is 3.99. The molecule has 2 aromatic carbocycles. The van der Waals surface area contributed by atoms with Gasteiger partial charge in [-0.1, -0.05) is 56.3 Å². The first-order valence-electron chi connectivity index (χ1n) is 8.45. The normalized spacial score (nSPS) is 16.1. The number of hydrogen-bond donors (Lipinski definition) is 1. The van der Waals surface area contributed by atoms with Crippen LogP contribution in [0.4, 0.5) is 4.79 Å². The second-order valence-electron chi connectivity index (χ2n) is 6.53. The van der Waals surface area contributed by atoms with Crippen molar-refractivity contribution in [1.82, 2.24) is 10.2 Å². The van der Waals surface area contributed by atoms with Crippen LogP contribution in [0.15, 0.2) is 47.4 Å². The molecule has 0 aliphatic carbocycles. The zero-order chi connectivity index (χ0) is 18.7. The molecule has 0 unspecified atom stereocenters. The number of nitrogens with one attached hydrogen (secondary N) is 1. The Kier molecular flexibility index (Phi) is 5.42. The molecule has 0 saturated carbocycles. The van der Waals surface area contributed by atoms with Crippen LogP contribution in [0.25, 0.3) is 16.8 Å². The molecule has 1 fully saturated rings. The third-order valence-corrected chi connectivity index (χ3v) is 4.90. The minimum atomic E-state index is -0.423. The van der Waals surface area contributed by atoms with Gasteiger partial charge >= 0.3 is 0 Å². The van der Waals surface area contributed by atoms with Crippen LogP contribution in [0.5, 0.6) is 0 Å². The standard InChI is InChI=1S/C20H20N2O3S/c1-13(2)11-21-18(23)12-22-19(24)17(26-20(22)25)10-15-8-5-7-14-6-3-4-9-16(14)15/h3-10,13H,11-12H2,1-2H3,(H,21,23)/b17-10-. The van der Waals surface area contributed by atoms with E-state index in [1.165, 1.54) is 0 Å². The van der Waals surface area contributed by atoms with Crippen LogP contribution < -0.4 is 5.32 Å². The summed E-state index contributed by atoms with van der Waals surface area (Å²) in [5.41, 5.74) is 0.873. The first kappa shape index (κ1) is 18.2. The molecule has 1 aliphatic heterocycles. The average molecular weight is 368 g/mol. The molecule has 2 aromatic rings. The van der Waals surface area contributed by atoms with E-state index in [4.69, 9.17) is 0 Å². The number of carbonyl (C=O) groups is 3. The van der Waals surface area contributed by atoms with Gasteiger partial charge in [0.25, 0.3) is 11.1 Å². The predicted molar refractivity (Wildman–Crippen MR) is 104 cm³/mol. The van der Waals surface area contributed by atoms with Gasteiger partial charge in [0, 0.05) is 6.54 Å². The Hall–Kier alpha value is -2.60. The lowest BCUT2D eigenvalue weighted by Crippen LogP contribution is -2.40. The Morgan fingerprint density at radius 3 is 2.65 bits per heavy atom. The molecule has 1 aliphatic rings. The van der Waals surface area contributed by atoms with Crippen LogP contribution in [-0.4, -0.2) is 35.0 Å². The fraction of sp³-hybridized carbons (Fsp3) is 0.250. The molecule has 1 saturated heterocycles. The molecule has 26 heavy (non-hydrogen) atoms. The number of nitrogens with zero attached hydrogens (tertiary/aromatic N) is 1. The SMILES string of the molecule is CC(C)CNC(=O)CN1C(=O)S/C(=C\c2cccc3ccccc23)C1=O. The number of imide groups is 1. The number of benzene rings is 2. The van der Waals surface area contributed by atoms with Gasteiger partial charge < -0.3 is 5.32 Å². The Morgan fingerprint density at radius 2 is 1.88 bits per heavy atom. The Balaban J connectivity index is 1.80. The van der Waals surface area contributed by atoms with Gasteiger partial charge in [-0.25, -0.2) is 0 Å².